The topological polar surface area (TPSA) is 85.1 Å². The maximum Gasteiger partial charge on any atom is 0.148 e. The number of ether oxygens (including phenoxy) is 1. The molecule has 0 spiro atoms. The van der Waals surface area contributed by atoms with Crippen molar-refractivity contribution in [2.75, 3.05) is 30.5 Å². The average molecular weight is 295 g/mol. The van der Waals surface area contributed by atoms with E-state index >= 15 is 0 Å². The highest BCUT2D eigenvalue weighted by Gasteiger charge is 2.20. The molecular weight excluding hydrogens is 266 g/mol. The molecule has 0 aliphatic rings. The van der Waals surface area contributed by atoms with Crippen LogP contribution in [0.3, 0.4) is 0 Å². The maximum atomic E-state index is 5.55. The first-order valence-electron chi connectivity index (χ1n) is 7.57. The summed E-state index contributed by atoms with van der Waals surface area (Å²) in [6, 6.07) is 0. The average Bonchev–Trinajstić information content (AvgIpc) is 2.43. The van der Waals surface area contributed by atoms with E-state index in [0.29, 0.717) is 12.4 Å². The number of hydrogen-bond donors (Lipinski definition) is 3. The normalized spacial score (nSPS) is 11.5. The second-order valence-electron chi connectivity index (χ2n) is 6.16. The molecule has 0 unspecified atom stereocenters. The van der Waals surface area contributed by atoms with Gasteiger partial charge in [0.25, 0.3) is 0 Å². The minimum Gasteiger partial charge on any atom is -0.380 e. The zero-order valence-electron chi connectivity index (χ0n) is 13.9. The molecule has 0 amide bonds. The molecular formula is C15H29N5O. The Morgan fingerprint density at radius 3 is 2.38 bits per heavy atom. The molecule has 0 aliphatic heterocycles. The number of rotatable bonds is 8. The van der Waals surface area contributed by atoms with Crippen molar-refractivity contribution in [3.8, 4) is 0 Å². The van der Waals surface area contributed by atoms with Crippen molar-refractivity contribution < 1.29 is 4.74 Å². The summed E-state index contributed by atoms with van der Waals surface area (Å²) < 4.78 is 5.54. The predicted octanol–water partition coefficient (Wildman–Crippen LogP) is 2.60. The summed E-state index contributed by atoms with van der Waals surface area (Å²) in [6.07, 6.45) is 2.25. The summed E-state index contributed by atoms with van der Waals surface area (Å²) in [5, 5.41) is 3.31. The van der Waals surface area contributed by atoms with Gasteiger partial charge in [-0.3, -0.25) is 0 Å². The molecule has 4 N–H and O–H groups in total. The SMILES string of the molecule is CCCCOCCNc1nc(C(C)(C)C)nc(NN)c1C. The molecule has 0 atom stereocenters. The molecule has 1 heterocycles. The molecule has 0 saturated heterocycles. The Hall–Kier alpha value is -1.40. The van der Waals surface area contributed by atoms with E-state index in [9.17, 15) is 0 Å². The summed E-state index contributed by atoms with van der Waals surface area (Å²) in [7, 11) is 0. The van der Waals surface area contributed by atoms with Gasteiger partial charge in [-0.15, -0.1) is 0 Å². The van der Waals surface area contributed by atoms with E-state index in [0.717, 1.165) is 43.2 Å². The van der Waals surface area contributed by atoms with Crippen molar-refractivity contribution in [2.24, 2.45) is 5.84 Å². The molecule has 1 aromatic rings. The Labute approximate surface area is 127 Å². The van der Waals surface area contributed by atoms with Crippen molar-refractivity contribution in [1.82, 2.24) is 9.97 Å². The largest absolute Gasteiger partial charge is 0.380 e. The Morgan fingerprint density at radius 2 is 1.81 bits per heavy atom. The van der Waals surface area contributed by atoms with Crippen LogP contribution in [0.4, 0.5) is 11.6 Å². The van der Waals surface area contributed by atoms with Gasteiger partial charge in [-0.1, -0.05) is 34.1 Å². The molecule has 6 nitrogen and oxygen atoms in total. The summed E-state index contributed by atoms with van der Waals surface area (Å²) in [5.41, 5.74) is 3.43. The third kappa shape index (κ3) is 5.47. The van der Waals surface area contributed by atoms with Crippen molar-refractivity contribution in [3.05, 3.63) is 11.4 Å². The van der Waals surface area contributed by atoms with Gasteiger partial charge in [-0.25, -0.2) is 15.8 Å². The minimum atomic E-state index is -0.132. The fourth-order valence-corrected chi connectivity index (χ4v) is 1.75. The maximum absolute atomic E-state index is 5.55. The standard InChI is InChI=1S/C15H29N5O/c1-6-7-9-21-10-8-17-12-11(2)13(20-16)19-14(18-12)15(3,4)5/h6-10,16H2,1-5H3,(H2,17,18,19,20). The Kier molecular flexibility index (Phi) is 6.84. The molecule has 1 aromatic heterocycles. The number of nitrogens with two attached hydrogens (primary N) is 1. The van der Waals surface area contributed by atoms with Gasteiger partial charge in [0.2, 0.25) is 0 Å². The Balaban J connectivity index is 2.72. The number of nitrogen functional groups attached to an aromatic ring is 1. The van der Waals surface area contributed by atoms with Crippen LogP contribution < -0.4 is 16.6 Å². The zero-order valence-corrected chi connectivity index (χ0v) is 13.9. The molecule has 0 aromatic carbocycles. The van der Waals surface area contributed by atoms with Crippen LogP contribution >= 0.6 is 0 Å². The molecule has 21 heavy (non-hydrogen) atoms. The smallest absolute Gasteiger partial charge is 0.148 e. The molecule has 6 heteroatoms. The van der Waals surface area contributed by atoms with E-state index in [-0.39, 0.29) is 5.41 Å². The third-order valence-electron chi connectivity index (χ3n) is 3.13. The van der Waals surface area contributed by atoms with E-state index < -0.39 is 0 Å². The lowest BCUT2D eigenvalue weighted by Crippen LogP contribution is -2.22. The zero-order chi connectivity index (χ0) is 15.9. The number of nitrogens with zero attached hydrogens (tertiary/aromatic N) is 2. The monoisotopic (exact) mass is 295 g/mol. The Bertz CT molecular complexity index is 442. The fourth-order valence-electron chi connectivity index (χ4n) is 1.75. The number of aromatic nitrogens is 2. The van der Waals surface area contributed by atoms with E-state index in [1.54, 1.807) is 0 Å². The van der Waals surface area contributed by atoms with Crippen LogP contribution in [0.2, 0.25) is 0 Å². The van der Waals surface area contributed by atoms with Crippen LogP contribution in [0.15, 0.2) is 0 Å². The first-order valence-corrected chi connectivity index (χ1v) is 7.57. The van der Waals surface area contributed by atoms with Gasteiger partial charge in [0.1, 0.15) is 17.5 Å². The highest BCUT2D eigenvalue weighted by atomic mass is 16.5. The minimum absolute atomic E-state index is 0.132. The lowest BCUT2D eigenvalue weighted by atomic mass is 9.95. The van der Waals surface area contributed by atoms with Gasteiger partial charge in [-0.05, 0) is 13.3 Å². The quantitative estimate of drug-likeness (QED) is 0.388. The lowest BCUT2D eigenvalue weighted by Gasteiger charge is -2.20. The number of hydrogen-bond acceptors (Lipinski definition) is 6. The molecule has 1 rings (SSSR count). The molecule has 0 saturated carbocycles. The number of hydrazine groups is 1. The second kappa shape index (κ2) is 8.14. The highest BCUT2D eigenvalue weighted by Crippen LogP contribution is 2.25. The van der Waals surface area contributed by atoms with Gasteiger partial charge in [0.05, 0.1) is 6.61 Å². The van der Waals surface area contributed by atoms with Crippen LogP contribution in [0, 0.1) is 6.92 Å². The molecule has 0 bridgehead atoms. The van der Waals surface area contributed by atoms with Gasteiger partial charge in [0, 0.05) is 24.1 Å². The van der Waals surface area contributed by atoms with Crippen molar-refractivity contribution in [2.45, 2.75) is 52.9 Å². The first kappa shape index (κ1) is 17.7. The number of anilines is 2. The van der Waals surface area contributed by atoms with Crippen molar-refractivity contribution in [3.63, 3.8) is 0 Å². The van der Waals surface area contributed by atoms with E-state index in [4.69, 9.17) is 10.6 Å². The predicted molar refractivity (Wildman–Crippen MR) is 87.5 cm³/mol. The summed E-state index contributed by atoms with van der Waals surface area (Å²) in [6.45, 7) is 12.5. The van der Waals surface area contributed by atoms with Crippen LogP contribution in [-0.4, -0.2) is 29.7 Å². The van der Waals surface area contributed by atoms with Crippen molar-refractivity contribution >= 4 is 11.6 Å². The Morgan fingerprint density at radius 1 is 1.14 bits per heavy atom. The molecule has 0 radical (unpaired) electrons. The number of unbranched alkanes of at least 4 members (excludes halogenated alkanes) is 1. The summed E-state index contributed by atoms with van der Waals surface area (Å²) in [5.74, 6) is 7.77. The molecule has 0 aliphatic carbocycles. The fraction of sp³-hybridized carbons (Fsp3) is 0.733. The summed E-state index contributed by atoms with van der Waals surface area (Å²) in [4.78, 5) is 9.09. The second-order valence-corrected chi connectivity index (χ2v) is 6.16. The molecule has 0 fully saturated rings. The third-order valence-corrected chi connectivity index (χ3v) is 3.13. The van der Waals surface area contributed by atoms with Gasteiger partial charge in [-0.2, -0.15) is 0 Å². The van der Waals surface area contributed by atoms with Crippen LogP contribution in [-0.2, 0) is 10.2 Å². The van der Waals surface area contributed by atoms with Gasteiger partial charge >= 0.3 is 0 Å². The van der Waals surface area contributed by atoms with E-state index in [1.807, 2.05) is 6.92 Å². The summed E-state index contributed by atoms with van der Waals surface area (Å²) >= 11 is 0. The van der Waals surface area contributed by atoms with Crippen LogP contribution in [0.25, 0.3) is 0 Å². The number of nitrogens with one attached hydrogen (secondary N) is 2. The highest BCUT2D eigenvalue weighted by molar-refractivity contribution is 5.57. The van der Waals surface area contributed by atoms with Gasteiger partial charge < -0.3 is 15.5 Å². The van der Waals surface area contributed by atoms with Crippen LogP contribution in [0.1, 0.15) is 51.9 Å². The van der Waals surface area contributed by atoms with E-state index in [1.165, 1.54) is 0 Å². The molecule has 120 valence electrons. The van der Waals surface area contributed by atoms with Gasteiger partial charge in [0.15, 0.2) is 0 Å². The lowest BCUT2D eigenvalue weighted by molar-refractivity contribution is 0.141. The van der Waals surface area contributed by atoms with Crippen molar-refractivity contribution in [1.29, 1.82) is 0 Å². The van der Waals surface area contributed by atoms with Crippen LogP contribution in [0.5, 0.6) is 0 Å². The first-order chi connectivity index (χ1) is 9.90. The van der Waals surface area contributed by atoms with E-state index in [2.05, 4.69) is 48.4 Å².